The van der Waals surface area contributed by atoms with Crippen molar-refractivity contribution < 1.29 is 4.79 Å². The quantitative estimate of drug-likeness (QED) is 0.777. The van der Waals surface area contributed by atoms with Crippen molar-refractivity contribution in [3.63, 3.8) is 0 Å². The first-order valence-corrected chi connectivity index (χ1v) is 10.1. The molecular weight excluding hydrogens is 312 g/mol. The van der Waals surface area contributed by atoms with Crippen LogP contribution in [0.4, 0.5) is 0 Å². The second-order valence-electron chi connectivity index (χ2n) is 9.91. The Morgan fingerprint density at radius 1 is 0.920 bits per heavy atom. The number of hydrogen-bond donors (Lipinski definition) is 0. The van der Waals surface area contributed by atoms with Crippen molar-refractivity contribution in [2.75, 3.05) is 45.8 Å². The molecule has 3 rings (SSSR count). The van der Waals surface area contributed by atoms with Gasteiger partial charge in [-0.1, -0.05) is 0 Å². The van der Waals surface area contributed by atoms with Crippen LogP contribution in [0.5, 0.6) is 0 Å². The van der Waals surface area contributed by atoms with E-state index in [1.54, 1.807) is 6.92 Å². The highest BCUT2D eigenvalue weighted by Crippen LogP contribution is 2.37. The number of nitrogens with zero attached hydrogens (tertiary/aromatic N) is 4. The molecule has 5 nitrogen and oxygen atoms in total. The minimum absolute atomic E-state index is 0.219. The summed E-state index contributed by atoms with van der Waals surface area (Å²) in [6, 6.07) is 1.51. The van der Waals surface area contributed by atoms with Crippen LogP contribution < -0.4 is 0 Å². The third-order valence-corrected chi connectivity index (χ3v) is 6.81. The maximum Gasteiger partial charge on any atom is 0.219 e. The van der Waals surface area contributed by atoms with Gasteiger partial charge in [-0.15, -0.1) is 0 Å². The first-order valence-electron chi connectivity index (χ1n) is 10.1. The fourth-order valence-electron chi connectivity index (χ4n) is 5.01. The van der Waals surface area contributed by atoms with Crippen LogP contribution in [-0.4, -0.2) is 94.5 Å². The van der Waals surface area contributed by atoms with E-state index < -0.39 is 0 Å². The molecule has 2 unspecified atom stereocenters. The third kappa shape index (κ3) is 4.04. The molecule has 0 aromatic rings. The highest BCUT2D eigenvalue weighted by Gasteiger charge is 2.46. The summed E-state index contributed by atoms with van der Waals surface area (Å²) in [4.78, 5) is 21.5. The molecule has 0 spiro atoms. The smallest absolute Gasteiger partial charge is 0.219 e. The molecule has 0 aromatic carbocycles. The monoisotopic (exact) mass is 350 g/mol. The van der Waals surface area contributed by atoms with Gasteiger partial charge in [-0.25, -0.2) is 0 Å². The molecule has 0 saturated carbocycles. The predicted octanol–water partition coefficient (Wildman–Crippen LogP) is 1.88. The first kappa shape index (κ1) is 19.1. The minimum Gasteiger partial charge on any atom is -0.340 e. The summed E-state index contributed by atoms with van der Waals surface area (Å²) in [5.74, 6) is 0.219. The number of amides is 1. The largest absolute Gasteiger partial charge is 0.340 e. The van der Waals surface area contributed by atoms with E-state index in [1.807, 2.05) is 4.90 Å². The van der Waals surface area contributed by atoms with Gasteiger partial charge >= 0.3 is 0 Å². The van der Waals surface area contributed by atoms with E-state index in [2.05, 4.69) is 49.3 Å². The maximum atomic E-state index is 11.5. The lowest BCUT2D eigenvalue weighted by Crippen LogP contribution is -2.69. The molecule has 0 N–H and O–H groups in total. The lowest BCUT2D eigenvalue weighted by Gasteiger charge is -2.58. The second kappa shape index (κ2) is 6.82. The summed E-state index contributed by atoms with van der Waals surface area (Å²) in [6.45, 7) is 20.9. The number of hydrogen-bond acceptors (Lipinski definition) is 4. The van der Waals surface area contributed by atoms with Gasteiger partial charge in [-0.3, -0.25) is 19.5 Å². The van der Waals surface area contributed by atoms with Crippen molar-refractivity contribution in [1.82, 2.24) is 19.6 Å². The van der Waals surface area contributed by atoms with Crippen molar-refractivity contribution in [3.8, 4) is 0 Å². The zero-order valence-electron chi connectivity index (χ0n) is 17.2. The Kier molecular flexibility index (Phi) is 5.22. The molecule has 3 saturated heterocycles. The summed E-state index contributed by atoms with van der Waals surface area (Å²) in [6.07, 6.45) is 2.60. The Morgan fingerprint density at radius 3 is 2.04 bits per heavy atom. The average molecular weight is 351 g/mol. The number of carbonyl (C=O) groups excluding carboxylic acids is 1. The van der Waals surface area contributed by atoms with E-state index in [0.717, 1.165) is 38.3 Å². The highest BCUT2D eigenvalue weighted by molar-refractivity contribution is 5.73. The van der Waals surface area contributed by atoms with Crippen molar-refractivity contribution in [2.45, 2.75) is 77.5 Å². The van der Waals surface area contributed by atoms with Crippen LogP contribution in [0.2, 0.25) is 0 Å². The fraction of sp³-hybridized carbons (Fsp3) is 0.950. The van der Waals surface area contributed by atoms with Gasteiger partial charge in [0, 0.05) is 75.9 Å². The van der Waals surface area contributed by atoms with E-state index in [9.17, 15) is 4.79 Å². The molecule has 3 aliphatic rings. The summed E-state index contributed by atoms with van der Waals surface area (Å²) >= 11 is 0. The van der Waals surface area contributed by atoms with E-state index in [1.165, 1.54) is 32.5 Å². The molecule has 0 bridgehead atoms. The molecule has 1 amide bonds. The highest BCUT2D eigenvalue weighted by atomic mass is 16.2. The molecule has 0 radical (unpaired) electrons. The zero-order valence-corrected chi connectivity index (χ0v) is 17.2. The van der Waals surface area contributed by atoms with Crippen LogP contribution in [-0.2, 0) is 4.79 Å². The summed E-state index contributed by atoms with van der Waals surface area (Å²) < 4.78 is 0. The van der Waals surface area contributed by atoms with Crippen LogP contribution >= 0.6 is 0 Å². The van der Waals surface area contributed by atoms with Crippen molar-refractivity contribution in [1.29, 1.82) is 0 Å². The number of piperazine rings is 2. The Labute approximate surface area is 154 Å². The van der Waals surface area contributed by atoms with E-state index in [4.69, 9.17) is 0 Å². The van der Waals surface area contributed by atoms with Crippen LogP contribution in [0.1, 0.15) is 54.4 Å². The topological polar surface area (TPSA) is 30.0 Å². The summed E-state index contributed by atoms with van der Waals surface area (Å²) in [5.41, 5.74) is 0.520. The van der Waals surface area contributed by atoms with Gasteiger partial charge in [0.05, 0.1) is 0 Å². The Bertz CT molecular complexity index is 490. The van der Waals surface area contributed by atoms with Crippen LogP contribution in [0.25, 0.3) is 0 Å². The molecule has 5 heteroatoms. The number of fused-ring (bicyclic) bond motifs is 1. The van der Waals surface area contributed by atoms with E-state index in [0.29, 0.717) is 5.54 Å². The molecule has 144 valence electrons. The fourth-order valence-corrected chi connectivity index (χ4v) is 5.01. The number of rotatable bonds is 3. The number of carbonyl (C=O) groups is 1. The SMILES string of the molecule is CC(=O)N1CCN(C(C)(C)CC2CC3CN(C(C)(C)C)CCN32)CC1. The average Bonchev–Trinajstić information content (AvgIpc) is 2.51. The molecule has 3 fully saturated rings. The van der Waals surface area contributed by atoms with Crippen molar-refractivity contribution in [2.24, 2.45) is 0 Å². The molecule has 3 heterocycles. The summed E-state index contributed by atoms with van der Waals surface area (Å²) in [5, 5.41) is 0. The lowest BCUT2D eigenvalue weighted by molar-refractivity contribution is -0.132. The summed E-state index contributed by atoms with van der Waals surface area (Å²) in [7, 11) is 0. The van der Waals surface area contributed by atoms with Crippen molar-refractivity contribution in [3.05, 3.63) is 0 Å². The van der Waals surface area contributed by atoms with Gasteiger partial charge in [0.2, 0.25) is 5.91 Å². The Morgan fingerprint density at radius 2 is 1.52 bits per heavy atom. The van der Waals surface area contributed by atoms with Crippen LogP contribution in [0.3, 0.4) is 0 Å². The van der Waals surface area contributed by atoms with Gasteiger partial charge in [0.1, 0.15) is 0 Å². The second-order valence-corrected chi connectivity index (χ2v) is 9.91. The third-order valence-electron chi connectivity index (χ3n) is 6.81. The Balaban J connectivity index is 1.50. The standard InChI is InChI=1S/C20H38N4O/c1-16(25)21-7-9-22(10-8-21)20(5,6)14-17-13-18-15-23(19(2,3)4)11-12-24(17)18/h17-18H,7-15H2,1-6H3. The van der Waals surface area contributed by atoms with E-state index in [-0.39, 0.29) is 11.4 Å². The van der Waals surface area contributed by atoms with Crippen LogP contribution in [0.15, 0.2) is 0 Å². The molecule has 3 aliphatic heterocycles. The molecule has 2 atom stereocenters. The van der Waals surface area contributed by atoms with Crippen molar-refractivity contribution >= 4 is 5.91 Å². The normalized spacial score (nSPS) is 30.1. The molecular formula is C20H38N4O. The maximum absolute atomic E-state index is 11.5. The van der Waals surface area contributed by atoms with Gasteiger partial charge < -0.3 is 4.90 Å². The Hall–Kier alpha value is -0.650. The van der Waals surface area contributed by atoms with Gasteiger partial charge in [0.15, 0.2) is 0 Å². The lowest BCUT2D eigenvalue weighted by atomic mass is 9.80. The van der Waals surface area contributed by atoms with E-state index >= 15 is 0 Å². The zero-order chi connectivity index (χ0) is 18.4. The molecule has 25 heavy (non-hydrogen) atoms. The minimum atomic E-state index is 0.219. The van der Waals surface area contributed by atoms with Crippen LogP contribution in [0, 0.1) is 0 Å². The predicted molar refractivity (Wildman–Crippen MR) is 103 cm³/mol. The molecule has 0 aromatic heterocycles. The van der Waals surface area contributed by atoms with Gasteiger partial charge in [0.25, 0.3) is 0 Å². The van der Waals surface area contributed by atoms with Gasteiger partial charge in [-0.05, 0) is 47.5 Å². The molecule has 0 aliphatic carbocycles. The van der Waals surface area contributed by atoms with Gasteiger partial charge in [-0.2, -0.15) is 0 Å². The first-order chi connectivity index (χ1) is 11.6.